The van der Waals surface area contributed by atoms with Crippen LogP contribution in [0.1, 0.15) is 6.92 Å². The Labute approximate surface area is 130 Å². The number of benzene rings is 2. The molecule has 0 saturated heterocycles. The minimum absolute atomic E-state index is 0.504. The van der Waals surface area contributed by atoms with Gasteiger partial charge in [0, 0.05) is 0 Å². The topological polar surface area (TPSA) is 0 Å². The van der Waals surface area contributed by atoms with E-state index in [1.807, 2.05) is 24.3 Å². The number of hydrogen-bond acceptors (Lipinski definition) is 0. The molecule has 0 aliphatic heterocycles. The van der Waals surface area contributed by atoms with Gasteiger partial charge in [-0.1, -0.05) is 0 Å². The summed E-state index contributed by atoms with van der Waals surface area (Å²) >= 11 is 12.8. The van der Waals surface area contributed by atoms with Crippen LogP contribution in [0.2, 0.25) is 13.8 Å². The summed E-state index contributed by atoms with van der Waals surface area (Å²) < 4.78 is 3.55. The molecule has 94 valence electrons. The van der Waals surface area contributed by atoms with Gasteiger partial charge in [0.25, 0.3) is 0 Å². The normalized spacial score (nSPS) is 10.9. The van der Waals surface area contributed by atoms with Crippen molar-refractivity contribution < 1.29 is 0 Å². The van der Waals surface area contributed by atoms with Gasteiger partial charge in [-0.3, -0.25) is 0 Å². The van der Waals surface area contributed by atoms with Crippen LogP contribution in [0.25, 0.3) is 0 Å². The molecule has 0 aromatic heterocycles. The summed E-state index contributed by atoms with van der Waals surface area (Å²) in [6.45, 7) is 2.32. The molecule has 2 rings (SSSR count). The minimum atomic E-state index is 0.504. The van der Waals surface area contributed by atoms with Crippen LogP contribution in [-0.2, 0) is 0 Å². The monoisotopic (exact) mass is 410 g/mol. The SMILES string of the molecule is CC([Se]c1ccc(Cl)cc1)[Se]c1ccc(Cl)cc1. The van der Waals surface area contributed by atoms with Gasteiger partial charge in [0.15, 0.2) is 0 Å². The predicted molar refractivity (Wildman–Crippen MR) is 83.1 cm³/mol. The van der Waals surface area contributed by atoms with Gasteiger partial charge < -0.3 is 0 Å². The Morgan fingerprint density at radius 2 is 1.06 bits per heavy atom. The van der Waals surface area contributed by atoms with Crippen LogP contribution < -0.4 is 8.92 Å². The molecule has 0 aliphatic carbocycles. The van der Waals surface area contributed by atoms with Gasteiger partial charge in [-0.15, -0.1) is 0 Å². The van der Waals surface area contributed by atoms with E-state index in [-0.39, 0.29) is 0 Å². The zero-order valence-electron chi connectivity index (χ0n) is 9.77. The summed E-state index contributed by atoms with van der Waals surface area (Å²) in [4.78, 5) is 0. The van der Waals surface area contributed by atoms with Crippen molar-refractivity contribution in [2.75, 3.05) is 0 Å². The Morgan fingerprint density at radius 1 is 0.722 bits per heavy atom. The Balaban J connectivity index is 1.94. The molecule has 2 aromatic rings. The van der Waals surface area contributed by atoms with Crippen molar-refractivity contribution in [3.8, 4) is 0 Å². The molecule has 0 saturated carbocycles. The van der Waals surface area contributed by atoms with E-state index >= 15 is 0 Å². The van der Waals surface area contributed by atoms with Crippen LogP contribution >= 0.6 is 23.2 Å². The zero-order chi connectivity index (χ0) is 13.0. The third kappa shape index (κ3) is 4.63. The maximum atomic E-state index is 5.89. The van der Waals surface area contributed by atoms with E-state index in [9.17, 15) is 0 Å². The van der Waals surface area contributed by atoms with Gasteiger partial charge in [0.2, 0.25) is 0 Å². The molecule has 0 N–H and O–H groups in total. The van der Waals surface area contributed by atoms with Gasteiger partial charge in [-0.2, -0.15) is 0 Å². The molecular formula is C14H12Cl2Se2. The summed E-state index contributed by atoms with van der Waals surface area (Å²) in [5, 5.41) is 1.62. The summed E-state index contributed by atoms with van der Waals surface area (Å²) in [5.41, 5.74) is 0. The fourth-order valence-electron chi connectivity index (χ4n) is 1.43. The molecule has 4 heteroatoms. The standard InChI is InChI=1S/C14H12Cl2Se2/c1-10(17-13-6-2-11(15)3-7-13)18-14-8-4-12(16)5-9-14/h2-10H,1H3. The Hall–Kier alpha value is 0.0590. The molecule has 0 aliphatic rings. The molecule has 0 unspecified atom stereocenters. The van der Waals surface area contributed by atoms with Gasteiger partial charge in [-0.05, 0) is 0 Å². The first kappa shape index (κ1) is 14.5. The van der Waals surface area contributed by atoms with E-state index in [0.717, 1.165) is 13.8 Å². The summed E-state index contributed by atoms with van der Waals surface area (Å²) in [6.07, 6.45) is 0. The van der Waals surface area contributed by atoms with Crippen molar-refractivity contribution >= 4 is 62.0 Å². The van der Waals surface area contributed by atoms with Crippen molar-refractivity contribution in [2.45, 2.75) is 10.6 Å². The second-order valence-electron chi connectivity index (χ2n) is 3.71. The van der Waals surface area contributed by atoms with E-state index in [1.165, 1.54) is 8.92 Å². The van der Waals surface area contributed by atoms with Crippen LogP contribution in [0.5, 0.6) is 0 Å². The van der Waals surface area contributed by atoms with Crippen LogP contribution in [0.4, 0.5) is 0 Å². The number of halogens is 2. The van der Waals surface area contributed by atoms with Crippen LogP contribution in [0.15, 0.2) is 48.5 Å². The van der Waals surface area contributed by atoms with E-state index in [0.29, 0.717) is 29.9 Å². The molecule has 18 heavy (non-hydrogen) atoms. The van der Waals surface area contributed by atoms with Crippen molar-refractivity contribution in [2.24, 2.45) is 0 Å². The first-order chi connectivity index (χ1) is 8.63. The van der Waals surface area contributed by atoms with Crippen LogP contribution in [0, 0.1) is 0 Å². The van der Waals surface area contributed by atoms with Crippen molar-refractivity contribution in [3.05, 3.63) is 58.6 Å². The van der Waals surface area contributed by atoms with Crippen molar-refractivity contribution in [1.29, 1.82) is 0 Å². The van der Waals surface area contributed by atoms with Crippen molar-refractivity contribution in [3.63, 3.8) is 0 Å². The zero-order valence-corrected chi connectivity index (χ0v) is 14.7. The fourth-order valence-corrected chi connectivity index (χ4v) is 7.57. The van der Waals surface area contributed by atoms with E-state index in [2.05, 4.69) is 31.2 Å². The van der Waals surface area contributed by atoms with E-state index in [1.54, 1.807) is 0 Å². The second-order valence-corrected chi connectivity index (χ2v) is 12.0. The number of hydrogen-bond donors (Lipinski definition) is 0. The Kier molecular flexibility index (Phi) is 5.63. The third-order valence-corrected chi connectivity index (χ3v) is 8.51. The molecule has 0 nitrogen and oxygen atoms in total. The molecular weight excluding hydrogens is 397 g/mol. The van der Waals surface area contributed by atoms with E-state index in [4.69, 9.17) is 23.2 Å². The predicted octanol–water partition coefficient (Wildman–Crippen LogP) is 3.12. The van der Waals surface area contributed by atoms with Gasteiger partial charge >= 0.3 is 131 Å². The molecule has 0 amide bonds. The number of rotatable bonds is 4. The van der Waals surface area contributed by atoms with E-state index < -0.39 is 0 Å². The molecule has 0 heterocycles. The Bertz CT molecular complexity index is 447. The third-order valence-electron chi connectivity index (χ3n) is 2.23. The van der Waals surface area contributed by atoms with Crippen molar-refractivity contribution in [1.82, 2.24) is 0 Å². The average Bonchev–Trinajstić information content (AvgIpc) is 2.35. The second kappa shape index (κ2) is 7.01. The van der Waals surface area contributed by atoms with Crippen LogP contribution in [0.3, 0.4) is 0 Å². The first-order valence-corrected chi connectivity index (χ1v) is 9.92. The van der Waals surface area contributed by atoms with Gasteiger partial charge in [-0.25, -0.2) is 0 Å². The van der Waals surface area contributed by atoms with Gasteiger partial charge in [0.05, 0.1) is 0 Å². The van der Waals surface area contributed by atoms with Crippen LogP contribution in [-0.4, -0.2) is 29.9 Å². The fraction of sp³-hybridized carbons (Fsp3) is 0.143. The summed E-state index contributed by atoms with van der Waals surface area (Å²) in [6, 6.07) is 16.4. The average molecular weight is 409 g/mol. The molecule has 0 radical (unpaired) electrons. The molecule has 0 fully saturated rings. The molecule has 0 spiro atoms. The quantitative estimate of drug-likeness (QED) is 0.682. The first-order valence-electron chi connectivity index (χ1n) is 5.48. The maximum absolute atomic E-state index is 5.89. The Morgan fingerprint density at radius 3 is 1.39 bits per heavy atom. The molecule has 0 bridgehead atoms. The van der Waals surface area contributed by atoms with Gasteiger partial charge in [0.1, 0.15) is 0 Å². The molecule has 0 atom stereocenters. The summed E-state index contributed by atoms with van der Waals surface area (Å²) in [7, 11) is 0. The molecule has 2 aromatic carbocycles. The summed E-state index contributed by atoms with van der Waals surface area (Å²) in [5.74, 6) is 0.